The molecule has 0 bridgehead atoms. The maximum absolute atomic E-state index is 11.9. The molecule has 24 heavy (non-hydrogen) atoms. The summed E-state index contributed by atoms with van der Waals surface area (Å²) in [5.74, 6) is -2.55. The smallest absolute Gasteiger partial charge is 0.469 e. The summed E-state index contributed by atoms with van der Waals surface area (Å²) in [5, 5.41) is 29.1. The van der Waals surface area contributed by atoms with Crippen LogP contribution in [0.1, 0.15) is 23.0 Å². The molecule has 1 fully saturated rings. The number of carbonyl (C=O) groups is 1. The third-order valence-electron chi connectivity index (χ3n) is 3.76. The Labute approximate surface area is 133 Å². The normalized spacial score (nSPS) is 27.3. The molecular formula is C11H15N2O10P. The minimum Gasteiger partial charge on any atom is -0.477 e. The highest BCUT2D eigenvalue weighted by molar-refractivity contribution is 7.46. The zero-order chi connectivity index (χ0) is 18.2. The number of aromatic nitrogens is 2. The number of carboxylic acids is 1. The number of phosphoric ester groups is 1. The van der Waals surface area contributed by atoms with E-state index in [2.05, 4.69) is 4.52 Å². The Morgan fingerprint density at radius 3 is 2.50 bits per heavy atom. The minimum absolute atomic E-state index is 0.200. The topological polar surface area (TPSA) is 199 Å². The van der Waals surface area contributed by atoms with E-state index in [-0.39, 0.29) is 6.42 Å². The summed E-state index contributed by atoms with van der Waals surface area (Å²) in [4.78, 5) is 53.6. The summed E-state index contributed by atoms with van der Waals surface area (Å²) >= 11 is 0. The van der Waals surface area contributed by atoms with Gasteiger partial charge in [-0.15, -0.1) is 0 Å². The van der Waals surface area contributed by atoms with Gasteiger partial charge in [-0.25, -0.2) is 14.2 Å². The number of carboxylic acid groups (broad SMARTS) is 1. The van der Waals surface area contributed by atoms with Crippen molar-refractivity contribution < 1.29 is 39.0 Å². The molecule has 0 spiro atoms. The highest BCUT2D eigenvalue weighted by atomic mass is 31.2. The van der Waals surface area contributed by atoms with E-state index in [4.69, 9.17) is 14.9 Å². The second-order valence-electron chi connectivity index (χ2n) is 5.33. The van der Waals surface area contributed by atoms with E-state index >= 15 is 0 Å². The number of aromatic amines is 1. The minimum atomic E-state index is -4.80. The van der Waals surface area contributed by atoms with Crippen molar-refractivity contribution in [2.45, 2.75) is 24.7 Å². The van der Waals surface area contributed by atoms with Gasteiger partial charge in [-0.1, -0.05) is 0 Å². The molecule has 0 amide bonds. The van der Waals surface area contributed by atoms with Gasteiger partial charge in [-0.05, 0) is 6.42 Å². The maximum atomic E-state index is 11.9. The number of aliphatic hydroxyl groups excluding tert-OH is 2. The highest BCUT2D eigenvalue weighted by Gasteiger charge is 2.44. The first-order valence-corrected chi connectivity index (χ1v) is 8.19. The van der Waals surface area contributed by atoms with Gasteiger partial charge in [-0.2, -0.15) is 0 Å². The van der Waals surface area contributed by atoms with Crippen LogP contribution in [0.2, 0.25) is 0 Å². The van der Waals surface area contributed by atoms with Crippen LogP contribution in [0.5, 0.6) is 0 Å². The molecule has 1 saturated carbocycles. The second-order valence-corrected chi connectivity index (χ2v) is 6.57. The first kappa shape index (κ1) is 18.5. The highest BCUT2D eigenvalue weighted by Crippen LogP contribution is 2.41. The van der Waals surface area contributed by atoms with Crippen molar-refractivity contribution in [3.8, 4) is 0 Å². The van der Waals surface area contributed by atoms with Gasteiger partial charge >= 0.3 is 19.5 Å². The standard InChI is InChI=1S/C11H15N2O10P/c14-7-2-6(10(17)18)13(11(19)12-7)5-1-4(8(15)9(5)16)3-23-24(20,21)22/h2,4-5,8-9,15-16H,1,3H2,(H,17,18)(H,12,14,19)(H2,20,21,22)/t4-,5-,8-,9+/m1/s1. The second kappa shape index (κ2) is 6.59. The van der Waals surface area contributed by atoms with Crippen LogP contribution in [-0.2, 0) is 9.09 Å². The predicted molar refractivity (Wildman–Crippen MR) is 75.4 cm³/mol. The SMILES string of the molecule is O=C(O)c1cc(=O)[nH]c(=O)n1[C@@H]1C[C@H](COP(=O)(O)O)[C@@H](O)[C@H]1O. The number of nitrogens with zero attached hydrogens (tertiary/aromatic N) is 1. The van der Waals surface area contributed by atoms with Crippen LogP contribution in [0.15, 0.2) is 15.7 Å². The van der Waals surface area contributed by atoms with Gasteiger partial charge in [-0.3, -0.25) is 18.9 Å². The fourth-order valence-corrected chi connectivity index (χ4v) is 3.10. The van der Waals surface area contributed by atoms with E-state index in [0.29, 0.717) is 10.6 Å². The maximum Gasteiger partial charge on any atom is 0.469 e. The summed E-state index contributed by atoms with van der Waals surface area (Å²) in [7, 11) is -4.80. The fraction of sp³-hybridized carbons (Fsp3) is 0.545. The van der Waals surface area contributed by atoms with E-state index in [0.717, 1.165) is 0 Å². The summed E-state index contributed by atoms with van der Waals surface area (Å²) in [5.41, 5.74) is -2.72. The molecule has 1 aliphatic carbocycles. The molecule has 13 heteroatoms. The Morgan fingerprint density at radius 2 is 1.96 bits per heavy atom. The lowest BCUT2D eigenvalue weighted by atomic mass is 10.1. The summed E-state index contributed by atoms with van der Waals surface area (Å²) < 4.78 is 15.6. The van der Waals surface area contributed by atoms with E-state index < -0.39 is 61.5 Å². The van der Waals surface area contributed by atoms with Crippen molar-refractivity contribution in [2.24, 2.45) is 5.92 Å². The molecule has 1 heterocycles. The molecule has 0 aromatic carbocycles. The largest absolute Gasteiger partial charge is 0.477 e. The third kappa shape index (κ3) is 3.80. The number of rotatable bonds is 5. The van der Waals surface area contributed by atoms with Crippen molar-refractivity contribution >= 4 is 13.8 Å². The monoisotopic (exact) mass is 366 g/mol. The number of hydrogen-bond donors (Lipinski definition) is 6. The molecule has 0 unspecified atom stereocenters. The number of aliphatic hydroxyl groups is 2. The Hall–Kier alpha value is -1.82. The first-order valence-electron chi connectivity index (χ1n) is 6.66. The molecule has 134 valence electrons. The van der Waals surface area contributed by atoms with Crippen molar-refractivity contribution in [1.29, 1.82) is 0 Å². The van der Waals surface area contributed by atoms with Crippen molar-refractivity contribution in [2.75, 3.05) is 6.61 Å². The molecule has 1 aromatic rings. The first-order chi connectivity index (χ1) is 11.0. The molecule has 0 radical (unpaired) electrons. The number of phosphoric acid groups is 1. The lowest BCUT2D eigenvalue weighted by Crippen LogP contribution is -2.40. The summed E-state index contributed by atoms with van der Waals surface area (Å²) in [6.07, 6.45) is -3.31. The average molecular weight is 366 g/mol. The Bertz CT molecular complexity index is 795. The number of hydrogen-bond acceptors (Lipinski definition) is 7. The van der Waals surface area contributed by atoms with Gasteiger partial charge in [0, 0.05) is 12.0 Å². The van der Waals surface area contributed by atoms with E-state index in [1.165, 1.54) is 0 Å². The van der Waals surface area contributed by atoms with E-state index in [1.54, 1.807) is 0 Å². The molecule has 6 N–H and O–H groups in total. The van der Waals surface area contributed by atoms with Crippen LogP contribution in [-0.4, -0.2) is 59.4 Å². The van der Waals surface area contributed by atoms with E-state index in [9.17, 15) is 29.2 Å². The summed E-state index contributed by atoms with van der Waals surface area (Å²) in [6, 6.07) is -0.566. The number of nitrogens with one attached hydrogen (secondary N) is 1. The summed E-state index contributed by atoms with van der Waals surface area (Å²) in [6.45, 7) is -0.612. The fourth-order valence-electron chi connectivity index (χ4n) is 2.71. The van der Waals surface area contributed by atoms with Crippen LogP contribution in [0.4, 0.5) is 0 Å². The molecule has 0 aliphatic heterocycles. The molecule has 0 saturated heterocycles. The van der Waals surface area contributed by atoms with Crippen LogP contribution in [0, 0.1) is 5.92 Å². The quantitative estimate of drug-likeness (QED) is 0.306. The van der Waals surface area contributed by atoms with Gasteiger partial charge in [0.2, 0.25) is 0 Å². The number of aromatic carboxylic acids is 1. The Balaban J connectivity index is 2.37. The molecule has 1 aromatic heterocycles. The molecule has 4 atom stereocenters. The predicted octanol–water partition coefficient (Wildman–Crippen LogP) is -2.37. The van der Waals surface area contributed by atoms with Gasteiger partial charge in [0.15, 0.2) is 0 Å². The zero-order valence-electron chi connectivity index (χ0n) is 12.0. The molecule has 12 nitrogen and oxygen atoms in total. The van der Waals surface area contributed by atoms with E-state index in [1.807, 2.05) is 4.98 Å². The Morgan fingerprint density at radius 1 is 1.33 bits per heavy atom. The van der Waals surface area contributed by atoms with Crippen molar-refractivity contribution in [1.82, 2.24) is 9.55 Å². The average Bonchev–Trinajstić information content (AvgIpc) is 2.71. The van der Waals surface area contributed by atoms with Crippen LogP contribution < -0.4 is 11.2 Å². The lowest BCUT2D eigenvalue weighted by Gasteiger charge is -2.20. The van der Waals surface area contributed by atoms with Crippen LogP contribution in [0.25, 0.3) is 0 Å². The van der Waals surface area contributed by atoms with Gasteiger partial charge in [0.1, 0.15) is 11.8 Å². The lowest BCUT2D eigenvalue weighted by molar-refractivity contribution is -0.00505. The number of H-pyrrole nitrogens is 1. The molecular weight excluding hydrogens is 351 g/mol. The Kier molecular flexibility index (Phi) is 5.08. The van der Waals surface area contributed by atoms with Crippen LogP contribution in [0.3, 0.4) is 0 Å². The van der Waals surface area contributed by atoms with Crippen LogP contribution >= 0.6 is 7.82 Å². The van der Waals surface area contributed by atoms with Gasteiger partial charge in [0.25, 0.3) is 5.56 Å². The molecule has 2 rings (SSSR count). The third-order valence-corrected chi connectivity index (χ3v) is 4.24. The van der Waals surface area contributed by atoms with Gasteiger partial charge < -0.3 is 25.1 Å². The van der Waals surface area contributed by atoms with Crippen molar-refractivity contribution in [3.05, 3.63) is 32.6 Å². The molecule has 1 aliphatic rings. The van der Waals surface area contributed by atoms with Crippen molar-refractivity contribution in [3.63, 3.8) is 0 Å². The zero-order valence-corrected chi connectivity index (χ0v) is 12.9. The van der Waals surface area contributed by atoms with Gasteiger partial charge in [0.05, 0.1) is 18.8 Å².